The van der Waals surface area contributed by atoms with Crippen LogP contribution in [0.15, 0.2) is 72.8 Å². The molecule has 4 rings (SSSR count). The summed E-state index contributed by atoms with van der Waals surface area (Å²) in [5.74, 6) is -0.963. The van der Waals surface area contributed by atoms with Crippen molar-refractivity contribution in [2.45, 2.75) is 6.92 Å². The van der Waals surface area contributed by atoms with Gasteiger partial charge in [0.15, 0.2) is 5.82 Å². The predicted molar refractivity (Wildman–Crippen MR) is 106 cm³/mol. The van der Waals surface area contributed by atoms with Crippen LogP contribution in [0.25, 0.3) is 17.1 Å². The van der Waals surface area contributed by atoms with Crippen molar-refractivity contribution in [2.24, 2.45) is 0 Å². The zero-order valence-electron chi connectivity index (χ0n) is 15.4. The highest BCUT2D eigenvalue weighted by molar-refractivity contribution is 6.01. The molecule has 0 saturated carbocycles. The number of hydrogen-bond acceptors (Lipinski definition) is 3. The van der Waals surface area contributed by atoms with Crippen LogP contribution in [-0.4, -0.2) is 20.7 Å². The van der Waals surface area contributed by atoms with Gasteiger partial charge in [-0.15, -0.1) is 5.10 Å². The molecule has 0 spiro atoms. The molecule has 0 aliphatic rings. The summed E-state index contributed by atoms with van der Waals surface area (Å²) in [5.41, 5.74) is 2.77. The van der Waals surface area contributed by atoms with Crippen molar-refractivity contribution in [1.29, 1.82) is 0 Å². The minimum absolute atomic E-state index is 0.0600. The molecular formula is C22H16F2N4O. The fourth-order valence-corrected chi connectivity index (χ4v) is 2.85. The summed E-state index contributed by atoms with van der Waals surface area (Å²) < 4.78 is 28.0. The Bertz CT molecular complexity index is 1170. The zero-order valence-corrected chi connectivity index (χ0v) is 15.4. The molecule has 0 bridgehead atoms. The van der Waals surface area contributed by atoms with Gasteiger partial charge in [0.1, 0.15) is 11.6 Å². The Morgan fingerprint density at radius 2 is 1.59 bits per heavy atom. The second kappa shape index (κ2) is 7.63. The second-order valence-corrected chi connectivity index (χ2v) is 6.48. The van der Waals surface area contributed by atoms with E-state index >= 15 is 0 Å². The van der Waals surface area contributed by atoms with Crippen molar-refractivity contribution in [3.63, 3.8) is 0 Å². The number of rotatable bonds is 4. The second-order valence-electron chi connectivity index (χ2n) is 6.48. The van der Waals surface area contributed by atoms with Gasteiger partial charge in [0.05, 0.1) is 5.69 Å². The van der Waals surface area contributed by atoms with Gasteiger partial charge in [-0.25, -0.2) is 18.4 Å². The molecule has 7 heteroatoms. The quantitative estimate of drug-likeness (QED) is 0.546. The van der Waals surface area contributed by atoms with E-state index in [1.165, 1.54) is 36.4 Å². The third kappa shape index (κ3) is 4.03. The van der Waals surface area contributed by atoms with Crippen LogP contribution < -0.4 is 5.32 Å². The third-order valence-corrected chi connectivity index (χ3v) is 4.26. The number of amides is 1. The van der Waals surface area contributed by atoms with Crippen LogP contribution in [0.1, 0.15) is 16.2 Å². The van der Waals surface area contributed by atoms with Gasteiger partial charge >= 0.3 is 0 Å². The van der Waals surface area contributed by atoms with E-state index in [0.717, 1.165) is 11.3 Å². The monoisotopic (exact) mass is 390 g/mol. The van der Waals surface area contributed by atoms with Crippen LogP contribution in [0.2, 0.25) is 0 Å². The third-order valence-electron chi connectivity index (χ3n) is 4.26. The lowest BCUT2D eigenvalue weighted by molar-refractivity contribution is 0.101. The zero-order chi connectivity index (χ0) is 20.4. The first-order valence-corrected chi connectivity index (χ1v) is 8.86. The Labute approximate surface area is 165 Å². The van der Waals surface area contributed by atoms with E-state index in [2.05, 4.69) is 15.4 Å². The fourth-order valence-electron chi connectivity index (χ4n) is 2.85. The Hall–Kier alpha value is -3.87. The summed E-state index contributed by atoms with van der Waals surface area (Å²) in [6.45, 7) is 1.94. The molecule has 0 aliphatic heterocycles. The number of carbonyl (C=O) groups is 1. The summed E-state index contributed by atoms with van der Waals surface area (Å²) in [4.78, 5) is 17.0. The van der Waals surface area contributed by atoms with Crippen molar-refractivity contribution in [2.75, 3.05) is 5.32 Å². The maximum absolute atomic E-state index is 13.3. The van der Waals surface area contributed by atoms with Gasteiger partial charge in [0.2, 0.25) is 5.82 Å². The van der Waals surface area contributed by atoms with Crippen LogP contribution in [0.5, 0.6) is 0 Å². The molecule has 1 heterocycles. The molecule has 1 amide bonds. The number of halogens is 2. The molecular weight excluding hydrogens is 374 g/mol. The van der Waals surface area contributed by atoms with Crippen LogP contribution >= 0.6 is 0 Å². The summed E-state index contributed by atoms with van der Waals surface area (Å²) in [6, 6.07) is 18.8. The van der Waals surface area contributed by atoms with Crippen molar-refractivity contribution >= 4 is 11.6 Å². The smallest absolute Gasteiger partial charge is 0.295 e. The van der Waals surface area contributed by atoms with Crippen LogP contribution in [0.3, 0.4) is 0 Å². The Morgan fingerprint density at radius 1 is 0.931 bits per heavy atom. The molecule has 144 valence electrons. The van der Waals surface area contributed by atoms with Gasteiger partial charge in [0.25, 0.3) is 5.91 Å². The molecule has 0 unspecified atom stereocenters. The normalized spacial score (nSPS) is 10.7. The van der Waals surface area contributed by atoms with E-state index in [4.69, 9.17) is 0 Å². The number of anilines is 1. The van der Waals surface area contributed by atoms with E-state index in [1.54, 1.807) is 16.8 Å². The number of carbonyl (C=O) groups excluding carboxylic acids is 1. The number of hydrogen-bond donors (Lipinski definition) is 1. The molecule has 0 radical (unpaired) electrons. The average Bonchev–Trinajstić information content (AvgIpc) is 3.16. The highest BCUT2D eigenvalue weighted by atomic mass is 19.1. The van der Waals surface area contributed by atoms with Gasteiger partial charge in [-0.2, -0.15) is 0 Å². The maximum Gasteiger partial charge on any atom is 0.295 e. The van der Waals surface area contributed by atoms with E-state index in [0.29, 0.717) is 17.1 Å². The van der Waals surface area contributed by atoms with Gasteiger partial charge < -0.3 is 5.32 Å². The van der Waals surface area contributed by atoms with Crippen LogP contribution in [0, 0.1) is 18.6 Å². The maximum atomic E-state index is 13.3. The Kier molecular flexibility index (Phi) is 4.87. The molecule has 0 aliphatic carbocycles. The molecule has 1 N–H and O–H groups in total. The minimum atomic E-state index is -0.536. The number of nitrogens with one attached hydrogen (secondary N) is 1. The van der Waals surface area contributed by atoms with E-state index < -0.39 is 11.7 Å². The first-order valence-electron chi connectivity index (χ1n) is 8.86. The van der Waals surface area contributed by atoms with Gasteiger partial charge in [-0.3, -0.25) is 4.79 Å². The van der Waals surface area contributed by atoms with Crippen molar-refractivity contribution in [1.82, 2.24) is 14.8 Å². The lowest BCUT2D eigenvalue weighted by atomic mass is 10.2. The fraction of sp³-hybridized carbons (Fsp3) is 0.0455. The largest absolute Gasteiger partial charge is 0.319 e. The summed E-state index contributed by atoms with van der Waals surface area (Å²) in [6.07, 6.45) is 0. The molecule has 0 saturated heterocycles. The molecule has 3 aromatic carbocycles. The predicted octanol–water partition coefficient (Wildman–Crippen LogP) is 4.77. The molecule has 5 nitrogen and oxygen atoms in total. The minimum Gasteiger partial charge on any atom is -0.319 e. The van der Waals surface area contributed by atoms with Gasteiger partial charge in [-0.1, -0.05) is 12.1 Å². The molecule has 29 heavy (non-hydrogen) atoms. The number of aryl methyl sites for hydroxylation is 1. The Morgan fingerprint density at radius 3 is 2.24 bits per heavy atom. The molecule has 0 atom stereocenters. The highest BCUT2D eigenvalue weighted by Crippen LogP contribution is 2.22. The number of benzene rings is 3. The summed E-state index contributed by atoms with van der Waals surface area (Å²) >= 11 is 0. The van der Waals surface area contributed by atoms with Crippen LogP contribution in [-0.2, 0) is 0 Å². The van der Waals surface area contributed by atoms with E-state index in [9.17, 15) is 13.6 Å². The van der Waals surface area contributed by atoms with Crippen molar-refractivity contribution in [3.05, 3.63) is 95.8 Å². The molecule has 4 aromatic rings. The molecule has 1 aromatic heterocycles. The average molecular weight is 390 g/mol. The standard InChI is InChI=1S/C22H16F2N4O/c1-14-3-2-4-19(13-14)28-21(15-5-7-16(23)8-6-15)26-20(27-28)22(29)25-18-11-9-17(24)10-12-18/h2-13H,1H3,(H,25,29). The lowest BCUT2D eigenvalue weighted by Crippen LogP contribution is -2.14. The first kappa shape index (κ1) is 18.5. The topological polar surface area (TPSA) is 59.8 Å². The number of aromatic nitrogens is 3. The highest BCUT2D eigenvalue weighted by Gasteiger charge is 2.19. The Balaban J connectivity index is 1.75. The van der Waals surface area contributed by atoms with E-state index in [1.807, 2.05) is 31.2 Å². The SMILES string of the molecule is Cc1cccc(-n2nc(C(=O)Nc3ccc(F)cc3)nc2-c2ccc(F)cc2)c1. The van der Waals surface area contributed by atoms with Crippen molar-refractivity contribution < 1.29 is 13.6 Å². The van der Waals surface area contributed by atoms with Crippen molar-refractivity contribution in [3.8, 4) is 17.1 Å². The number of nitrogens with zero attached hydrogens (tertiary/aromatic N) is 3. The summed E-state index contributed by atoms with van der Waals surface area (Å²) in [5, 5.41) is 7.01. The van der Waals surface area contributed by atoms with Gasteiger partial charge in [0, 0.05) is 11.3 Å². The molecule has 0 fully saturated rings. The van der Waals surface area contributed by atoms with Crippen LogP contribution in [0.4, 0.5) is 14.5 Å². The van der Waals surface area contributed by atoms with E-state index in [-0.39, 0.29) is 11.6 Å². The van der Waals surface area contributed by atoms with Gasteiger partial charge in [-0.05, 0) is 73.2 Å². The summed E-state index contributed by atoms with van der Waals surface area (Å²) in [7, 11) is 0. The first-order chi connectivity index (χ1) is 14.0. The lowest BCUT2D eigenvalue weighted by Gasteiger charge is -2.06.